The molecule has 5 N–H and O–H groups in total. The SMILES string of the molecule is O=C(NC(C(=O)NO)C1(O)CS(=O)(=O)C1)c1ccc(C#CC#CCCO)cc1. The third-order valence-electron chi connectivity index (χ3n) is 3.87. The second-order valence-electron chi connectivity index (χ2n) is 6.12. The number of hydrogen-bond acceptors (Lipinski definition) is 7. The van der Waals surface area contributed by atoms with E-state index >= 15 is 0 Å². The monoisotopic (exact) mass is 406 g/mol. The molecule has 148 valence electrons. The topological polar surface area (TPSA) is 153 Å². The van der Waals surface area contributed by atoms with Gasteiger partial charge >= 0.3 is 0 Å². The highest BCUT2D eigenvalue weighted by molar-refractivity contribution is 7.93. The maximum absolute atomic E-state index is 12.4. The molecular weight excluding hydrogens is 388 g/mol. The van der Waals surface area contributed by atoms with Gasteiger partial charge in [-0.25, -0.2) is 13.9 Å². The van der Waals surface area contributed by atoms with Crippen LogP contribution in [0.5, 0.6) is 0 Å². The average Bonchev–Trinajstić information content (AvgIpc) is 2.64. The van der Waals surface area contributed by atoms with E-state index in [1.165, 1.54) is 17.6 Å². The molecule has 1 atom stereocenters. The van der Waals surface area contributed by atoms with Gasteiger partial charge in [0, 0.05) is 17.5 Å². The van der Waals surface area contributed by atoms with E-state index < -0.39 is 44.8 Å². The van der Waals surface area contributed by atoms with Crippen molar-refractivity contribution in [2.45, 2.75) is 18.1 Å². The van der Waals surface area contributed by atoms with Crippen molar-refractivity contribution in [3.63, 3.8) is 0 Å². The molecule has 1 unspecified atom stereocenters. The molecule has 28 heavy (non-hydrogen) atoms. The van der Waals surface area contributed by atoms with E-state index in [2.05, 4.69) is 29.0 Å². The van der Waals surface area contributed by atoms with E-state index in [1.807, 2.05) is 0 Å². The molecule has 1 aliphatic heterocycles. The summed E-state index contributed by atoms with van der Waals surface area (Å²) in [4.78, 5) is 24.2. The number of hydroxylamine groups is 1. The van der Waals surface area contributed by atoms with Crippen molar-refractivity contribution in [3.05, 3.63) is 35.4 Å². The molecule has 0 saturated carbocycles. The Labute approximate surface area is 161 Å². The first-order chi connectivity index (χ1) is 13.2. The van der Waals surface area contributed by atoms with E-state index in [1.54, 1.807) is 12.1 Å². The predicted molar refractivity (Wildman–Crippen MR) is 97.6 cm³/mol. The van der Waals surface area contributed by atoms with E-state index in [-0.39, 0.29) is 12.2 Å². The highest BCUT2D eigenvalue weighted by Gasteiger charge is 2.55. The molecular formula is C18H18N2O7S. The molecule has 0 spiro atoms. The van der Waals surface area contributed by atoms with Crippen molar-refractivity contribution in [3.8, 4) is 23.7 Å². The molecule has 2 rings (SSSR count). The molecule has 0 radical (unpaired) electrons. The lowest BCUT2D eigenvalue weighted by Gasteiger charge is -2.41. The van der Waals surface area contributed by atoms with Gasteiger partial charge in [-0.3, -0.25) is 14.8 Å². The van der Waals surface area contributed by atoms with Crippen LogP contribution in [0, 0.1) is 23.7 Å². The van der Waals surface area contributed by atoms with Gasteiger partial charge in [0.15, 0.2) is 9.84 Å². The first-order valence-electron chi connectivity index (χ1n) is 8.08. The number of hydrogen-bond donors (Lipinski definition) is 5. The summed E-state index contributed by atoms with van der Waals surface area (Å²) in [5.41, 5.74) is 0.0249. The molecule has 1 fully saturated rings. The average molecular weight is 406 g/mol. The van der Waals surface area contributed by atoms with Gasteiger partial charge in [-0.15, -0.1) is 0 Å². The molecule has 10 heteroatoms. The summed E-state index contributed by atoms with van der Waals surface area (Å²) in [6, 6.07) is 4.29. The Bertz CT molecular complexity index is 967. The number of sulfone groups is 1. The maximum Gasteiger partial charge on any atom is 0.268 e. The number of carbonyl (C=O) groups excluding carboxylic acids is 2. The number of aliphatic hydroxyl groups excluding tert-OH is 1. The number of amides is 2. The van der Waals surface area contributed by atoms with E-state index in [9.17, 15) is 23.1 Å². The van der Waals surface area contributed by atoms with Crippen molar-refractivity contribution in [2.24, 2.45) is 0 Å². The molecule has 0 aliphatic carbocycles. The van der Waals surface area contributed by atoms with Crippen LogP contribution in [0.15, 0.2) is 24.3 Å². The Kier molecular flexibility index (Phi) is 6.78. The normalized spacial score (nSPS) is 16.8. The minimum absolute atomic E-state index is 0.0468. The summed E-state index contributed by atoms with van der Waals surface area (Å²) in [6.45, 7) is -0.0468. The third kappa shape index (κ3) is 5.31. The van der Waals surface area contributed by atoms with E-state index in [0.29, 0.717) is 12.0 Å². The largest absolute Gasteiger partial charge is 0.395 e. The van der Waals surface area contributed by atoms with E-state index in [4.69, 9.17) is 10.3 Å². The van der Waals surface area contributed by atoms with Crippen LogP contribution in [0.3, 0.4) is 0 Å². The van der Waals surface area contributed by atoms with Gasteiger partial charge in [0.25, 0.3) is 11.8 Å². The number of carbonyl (C=O) groups is 2. The first kappa shape index (κ1) is 21.4. The van der Waals surface area contributed by atoms with Crippen LogP contribution < -0.4 is 10.8 Å². The van der Waals surface area contributed by atoms with Gasteiger partial charge in [0.05, 0.1) is 18.1 Å². The Morgan fingerprint density at radius 3 is 2.36 bits per heavy atom. The molecule has 0 bridgehead atoms. The number of nitrogens with one attached hydrogen (secondary N) is 2. The molecule has 1 aromatic carbocycles. The standard InChI is InChI=1S/C18H18N2O7S/c21-10-4-2-1-3-5-13-6-8-14(9-7-13)16(22)19-15(17(23)20-25)18(24)11-28(26,27)12-18/h6-9,15,21,24-25H,4,10-12H2,(H,19,22)(H,20,23). The van der Waals surface area contributed by atoms with Gasteiger partial charge in [-0.1, -0.05) is 11.8 Å². The maximum atomic E-state index is 12.4. The van der Waals surface area contributed by atoms with Crippen LogP contribution >= 0.6 is 0 Å². The molecule has 1 saturated heterocycles. The minimum atomic E-state index is -3.50. The second-order valence-corrected chi connectivity index (χ2v) is 8.19. The predicted octanol–water partition coefficient (Wildman–Crippen LogP) is -1.81. The molecule has 0 aromatic heterocycles. The second kappa shape index (κ2) is 8.87. The molecule has 1 heterocycles. The summed E-state index contributed by atoms with van der Waals surface area (Å²) in [5, 5.41) is 30.0. The van der Waals surface area contributed by atoms with Crippen LogP contribution in [-0.2, 0) is 14.6 Å². The Balaban J connectivity index is 2.10. The van der Waals surface area contributed by atoms with Crippen molar-refractivity contribution < 1.29 is 33.4 Å². The van der Waals surface area contributed by atoms with Gasteiger partial charge in [-0.05, 0) is 36.1 Å². The molecule has 2 amide bonds. The lowest BCUT2D eigenvalue weighted by Crippen LogP contribution is -2.70. The summed E-state index contributed by atoms with van der Waals surface area (Å²) in [6.07, 6.45) is 0.323. The Hall–Kier alpha value is -2.89. The molecule has 1 aliphatic rings. The fourth-order valence-corrected chi connectivity index (χ4v) is 4.35. The summed E-state index contributed by atoms with van der Waals surface area (Å²) in [7, 11) is -3.50. The third-order valence-corrected chi connectivity index (χ3v) is 5.75. The van der Waals surface area contributed by atoms with E-state index in [0.717, 1.165) is 0 Å². The number of benzene rings is 1. The summed E-state index contributed by atoms with van der Waals surface area (Å²) in [5.74, 6) is 7.26. The van der Waals surface area contributed by atoms with Crippen LogP contribution in [0.25, 0.3) is 0 Å². The van der Waals surface area contributed by atoms with Crippen LogP contribution in [-0.4, -0.2) is 65.4 Å². The highest BCUT2D eigenvalue weighted by Crippen LogP contribution is 2.27. The quantitative estimate of drug-likeness (QED) is 0.219. The lowest BCUT2D eigenvalue weighted by molar-refractivity contribution is -0.137. The molecule has 1 aromatic rings. The van der Waals surface area contributed by atoms with Crippen molar-refractivity contribution in [1.29, 1.82) is 0 Å². The zero-order valence-corrected chi connectivity index (χ0v) is 15.4. The fraction of sp³-hybridized carbons (Fsp3) is 0.333. The van der Waals surface area contributed by atoms with Crippen molar-refractivity contribution in [1.82, 2.24) is 10.8 Å². The first-order valence-corrected chi connectivity index (χ1v) is 9.90. The van der Waals surface area contributed by atoms with Gasteiger partial charge in [0.1, 0.15) is 11.6 Å². The van der Waals surface area contributed by atoms with Crippen LogP contribution in [0.1, 0.15) is 22.3 Å². The van der Waals surface area contributed by atoms with Gasteiger partial charge in [0.2, 0.25) is 0 Å². The van der Waals surface area contributed by atoms with Crippen molar-refractivity contribution >= 4 is 21.7 Å². The van der Waals surface area contributed by atoms with Crippen molar-refractivity contribution in [2.75, 3.05) is 18.1 Å². The zero-order chi connectivity index (χ0) is 20.8. The minimum Gasteiger partial charge on any atom is -0.395 e. The fourth-order valence-electron chi connectivity index (χ4n) is 2.58. The highest BCUT2D eigenvalue weighted by atomic mass is 32.2. The lowest BCUT2D eigenvalue weighted by atomic mass is 9.96. The summed E-state index contributed by atoms with van der Waals surface area (Å²) < 4.78 is 22.7. The van der Waals surface area contributed by atoms with Crippen LogP contribution in [0.4, 0.5) is 0 Å². The smallest absolute Gasteiger partial charge is 0.268 e. The van der Waals surface area contributed by atoms with Gasteiger partial charge < -0.3 is 15.5 Å². The Morgan fingerprint density at radius 1 is 1.18 bits per heavy atom. The Morgan fingerprint density at radius 2 is 1.82 bits per heavy atom. The van der Waals surface area contributed by atoms with Gasteiger partial charge in [-0.2, -0.15) is 0 Å². The van der Waals surface area contributed by atoms with Crippen LogP contribution in [0.2, 0.25) is 0 Å². The number of aliphatic hydroxyl groups is 2. The molecule has 9 nitrogen and oxygen atoms in total. The zero-order valence-electron chi connectivity index (χ0n) is 14.6. The number of rotatable bonds is 5. The summed E-state index contributed by atoms with van der Waals surface area (Å²) >= 11 is 0.